The fraction of sp³-hybridized carbons (Fsp3) is 0.200. The Morgan fingerprint density at radius 3 is 2.95 bits per heavy atom. The summed E-state index contributed by atoms with van der Waals surface area (Å²) in [5.74, 6) is 0.599. The zero-order chi connectivity index (χ0) is 15.7. The highest BCUT2D eigenvalue weighted by Crippen LogP contribution is 2.16. The van der Waals surface area contributed by atoms with E-state index in [4.69, 9.17) is 0 Å². The number of nitrogens with one attached hydrogen (secondary N) is 2. The normalized spacial score (nSPS) is 10.8. The zero-order valence-corrected chi connectivity index (χ0v) is 12.3. The van der Waals surface area contributed by atoms with Gasteiger partial charge in [0.1, 0.15) is 11.5 Å². The van der Waals surface area contributed by atoms with Gasteiger partial charge in [0.05, 0.1) is 17.2 Å². The highest BCUT2D eigenvalue weighted by Gasteiger charge is 2.08. The summed E-state index contributed by atoms with van der Waals surface area (Å²) < 4.78 is 2.02. The molecule has 0 bridgehead atoms. The molecule has 3 rings (SSSR count). The van der Waals surface area contributed by atoms with Crippen molar-refractivity contribution in [1.82, 2.24) is 24.8 Å². The lowest BCUT2D eigenvalue weighted by Gasteiger charge is -2.05. The highest BCUT2D eigenvalue weighted by atomic mass is 16.2. The predicted molar refractivity (Wildman–Crippen MR) is 81.5 cm³/mol. The van der Waals surface area contributed by atoms with E-state index < -0.39 is 0 Å². The van der Waals surface area contributed by atoms with Crippen LogP contribution in [0.2, 0.25) is 0 Å². The van der Waals surface area contributed by atoms with E-state index in [1.54, 1.807) is 0 Å². The molecule has 0 radical (unpaired) electrons. The summed E-state index contributed by atoms with van der Waals surface area (Å²) in [5, 5.41) is 2.76. The van der Waals surface area contributed by atoms with E-state index in [0.29, 0.717) is 6.54 Å². The minimum Gasteiger partial charge on any atom is -0.347 e. The number of aromatic amines is 1. The molecular formula is C15H15N5O2. The van der Waals surface area contributed by atoms with E-state index in [1.807, 2.05) is 36.7 Å². The van der Waals surface area contributed by atoms with Crippen molar-refractivity contribution in [1.29, 1.82) is 0 Å². The molecule has 0 aliphatic heterocycles. The van der Waals surface area contributed by atoms with Crippen LogP contribution in [-0.2, 0) is 13.6 Å². The summed E-state index contributed by atoms with van der Waals surface area (Å²) in [7, 11) is 1.97. The molecule has 0 saturated heterocycles. The van der Waals surface area contributed by atoms with Gasteiger partial charge in [0.2, 0.25) is 0 Å². The monoisotopic (exact) mass is 297 g/mol. The van der Waals surface area contributed by atoms with Gasteiger partial charge in [-0.25, -0.2) is 9.97 Å². The van der Waals surface area contributed by atoms with Crippen LogP contribution in [0.15, 0.2) is 35.4 Å². The van der Waals surface area contributed by atoms with Crippen molar-refractivity contribution in [3.63, 3.8) is 0 Å². The maximum absolute atomic E-state index is 11.9. The lowest BCUT2D eigenvalue weighted by Crippen LogP contribution is -2.25. The first-order valence-corrected chi connectivity index (χ1v) is 6.79. The molecule has 0 spiro atoms. The van der Waals surface area contributed by atoms with Gasteiger partial charge in [-0.05, 0) is 24.6 Å². The van der Waals surface area contributed by atoms with Crippen LogP contribution in [0.25, 0.3) is 11.0 Å². The number of hydrogen-bond acceptors (Lipinski definition) is 4. The van der Waals surface area contributed by atoms with E-state index in [0.717, 1.165) is 28.6 Å². The second-order valence-electron chi connectivity index (χ2n) is 5.02. The molecule has 0 atom stereocenters. The molecule has 22 heavy (non-hydrogen) atoms. The van der Waals surface area contributed by atoms with Crippen molar-refractivity contribution in [2.75, 3.05) is 0 Å². The molecule has 2 aromatic heterocycles. The Morgan fingerprint density at radius 2 is 2.23 bits per heavy atom. The molecule has 1 amide bonds. The number of benzene rings is 1. The number of carbonyl (C=O) groups is 1. The third-order valence-electron chi connectivity index (χ3n) is 3.53. The Hall–Kier alpha value is -2.96. The van der Waals surface area contributed by atoms with Crippen molar-refractivity contribution >= 4 is 16.9 Å². The molecule has 3 aromatic rings. The van der Waals surface area contributed by atoms with Gasteiger partial charge in [-0.2, -0.15) is 0 Å². The molecule has 0 fully saturated rings. The molecule has 2 N–H and O–H groups in total. The molecule has 0 aliphatic carbocycles. The Kier molecular flexibility index (Phi) is 3.46. The number of carbonyl (C=O) groups excluding carboxylic acids is 1. The van der Waals surface area contributed by atoms with E-state index in [1.165, 1.54) is 6.20 Å². The number of imidazole rings is 1. The minimum atomic E-state index is -0.340. The van der Waals surface area contributed by atoms with Crippen molar-refractivity contribution in [2.24, 2.45) is 7.05 Å². The van der Waals surface area contributed by atoms with Gasteiger partial charge in [0.15, 0.2) is 0 Å². The predicted octanol–water partition coefficient (Wildman–Crippen LogP) is 0.895. The van der Waals surface area contributed by atoms with Gasteiger partial charge in [-0.15, -0.1) is 0 Å². The number of fused-ring (bicyclic) bond motifs is 1. The van der Waals surface area contributed by atoms with Crippen molar-refractivity contribution in [3.8, 4) is 0 Å². The summed E-state index contributed by atoms with van der Waals surface area (Å²) in [6.45, 7) is 2.31. The minimum absolute atomic E-state index is 0.175. The molecule has 2 heterocycles. The van der Waals surface area contributed by atoms with E-state index in [2.05, 4.69) is 20.3 Å². The van der Waals surface area contributed by atoms with Gasteiger partial charge in [-0.3, -0.25) is 9.59 Å². The second kappa shape index (κ2) is 5.44. The first-order chi connectivity index (χ1) is 10.5. The average Bonchev–Trinajstić information content (AvgIpc) is 2.80. The maximum atomic E-state index is 11.9. The summed E-state index contributed by atoms with van der Waals surface area (Å²) in [5.41, 5.74) is 2.73. The third kappa shape index (κ3) is 2.60. The molecule has 0 saturated carbocycles. The standard InChI is InChI=1S/C15H15N5O2/c1-9-19-11-5-10(3-4-13(11)20(9)2)6-18-15(22)12-7-17-14(21)8-16-12/h3-5,7-8H,6H2,1-2H3,(H,17,21)(H,18,22). The van der Waals surface area contributed by atoms with Gasteiger partial charge < -0.3 is 14.9 Å². The smallest absolute Gasteiger partial charge is 0.271 e. The van der Waals surface area contributed by atoms with E-state index >= 15 is 0 Å². The molecule has 7 heteroatoms. The summed E-state index contributed by atoms with van der Waals surface area (Å²) in [4.78, 5) is 33.5. The fourth-order valence-electron chi connectivity index (χ4n) is 2.22. The summed E-state index contributed by atoms with van der Waals surface area (Å²) >= 11 is 0. The van der Waals surface area contributed by atoms with Crippen LogP contribution < -0.4 is 10.9 Å². The number of amides is 1. The van der Waals surface area contributed by atoms with Crippen molar-refractivity contribution < 1.29 is 4.79 Å². The van der Waals surface area contributed by atoms with Gasteiger partial charge >= 0.3 is 0 Å². The van der Waals surface area contributed by atoms with E-state index in [-0.39, 0.29) is 17.2 Å². The quantitative estimate of drug-likeness (QED) is 0.751. The van der Waals surface area contributed by atoms with Crippen LogP contribution in [0, 0.1) is 6.92 Å². The van der Waals surface area contributed by atoms with Crippen LogP contribution in [0.4, 0.5) is 0 Å². The molecule has 7 nitrogen and oxygen atoms in total. The van der Waals surface area contributed by atoms with Crippen molar-refractivity contribution in [2.45, 2.75) is 13.5 Å². The van der Waals surface area contributed by atoms with Gasteiger partial charge in [0.25, 0.3) is 11.5 Å². The molecule has 1 aromatic carbocycles. The topological polar surface area (TPSA) is 92.7 Å². The number of rotatable bonds is 3. The summed E-state index contributed by atoms with van der Waals surface area (Å²) in [6.07, 6.45) is 2.38. The Bertz CT molecular complexity index is 889. The van der Waals surface area contributed by atoms with Crippen LogP contribution in [0.1, 0.15) is 21.9 Å². The maximum Gasteiger partial charge on any atom is 0.271 e. The lowest BCUT2D eigenvalue weighted by atomic mass is 10.2. The Labute approximate surface area is 126 Å². The fourth-order valence-corrected chi connectivity index (χ4v) is 2.22. The highest BCUT2D eigenvalue weighted by molar-refractivity contribution is 5.91. The van der Waals surface area contributed by atoms with Gasteiger partial charge in [-0.1, -0.05) is 6.07 Å². The van der Waals surface area contributed by atoms with Gasteiger partial charge in [0, 0.05) is 19.8 Å². The van der Waals surface area contributed by atoms with Crippen molar-refractivity contribution in [3.05, 3.63) is 58.0 Å². The largest absolute Gasteiger partial charge is 0.347 e. The lowest BCUT2D eigenvalue weighted by molar-refractivity contribution is 0.0945. The second-order valence-corrected chi connectivity index (χ2v) is 5.02. The first kappa shape index (κ1) is 14.0. The van der Waals surface area contributed by atoms with Crippen LogP contribution in [0.3, 0.4) is 0 Å². The first-order valence-electron chi connectivity index (χ1n) is 6.79. The molecular weight excluding hydrogens is 282 g/mol. The molecule has 112 valence electrons. The number of aromatic nitrogens is 4. The average molecular weight is 297 g/mol. The SMILES string of the molecule is Cc1nc2cc(CNC(=O)c3c[nH]c(=O)cn3)ccc2n1C. The number of H-pyrrole nitrogens is 1. The number of nitrogens with zero attached hydrogens (tertiary/aromatic N) is 3. The molecule has 0 unspecified atom stereocenters. The van der Waals surface area contributed by atoms with Crippen LogP contribution in [0.5, 0.6) is 0 Å². The molecule has 0 aliphatic rings. The van der Waals surface area contributed by atoms with Crippen LogP contribution in [-0.4, -0.2) is 25.4 Å². The number of aryl methyl sites for hydroxylation is 2. The summed E-state index contributed by atoms with van der Waals surface area (Å²) in [6, 6.07) is 5.88. The number of hydrogen-bond donors (Lipinski definition) is 2. The van der Waals surface area contributed by atoms with E-state index in [9.17, 15) is 9.59 Å². The third-order valence-corrected chi connectivity index (χ3v) is 3.53. The Morgan fingerprint density at radius 1 is 1.41 bits per heavy atom. The Balaban J connectivity index is 1.74. The van der Waals surface area contributed by atoms with Crippen LogP contribution >= 0.6 is 0 Å². The zero-order valence-electron chi connectivity index (χ0n) is 12.3.